The summed E-state index contributed by atoms with van der Waals surface area (Å²) in [7, 11) is 4.21. The summed E-state index contributed by atoms with van der Waals surface area (Å²) in [5.74, 6) is 0.675. The molecule has 112 valence electrons. The third-order valence-corrected chi connectivity index (χ3v) is 4.13. The predicted octanol–water partition coefficient (Wildman–Crippen LogP) is 0.588. The van der Waals surface area contributed by atoms with Crippen molar-refractivity contribution in [1.29, 1.82) is 0 Å². The van der Waals surface area contributed by atoms with E-state index in [4.69, 9.17) is 10.5 Å². The van der Waals surface area contributed by atoms with Crippen molar-refractivity contribution in [2.24, 2.45) is 11.7 Å². The van der Waals surface area contributed by atoms with Crippen molar-refractivity contribution in [3.8, 4) is 0 Å². The molecule has 1 aliphatic rings. The van der Waals surface area contributed by atoms with Crippen LogP contribution in [0.3, 0.4) is 0 Å². The quantitative estimate of drug-likeness (QED) is 0.665. The Morgan fingerprint density at radius 2 is 2.26 bits per heavy atom. The molecule has 0 aromatic rings. The Morgan fingerprint density at radius 3 is 2.84 bits per heavy atom. The Bertz CT molecular complexity index is 284. The van der Waals surface area contributed by atoms with E-state index in [0.717, 1.165) is 18.8 Å². The first-order valence-electron chi connectivity index (χ1n) is 7.22. The van der Waals surface area contributed by atoms with Crippen LogP contribution >= 0.6 is 0 Å². The number of nitrogens with one attached hydrogen (secondary N) is 1. The molecule has 1 rings (SSSR count). The molecule has 0 aliphatic heterocycles. The highest BCUT2D eigenvalue weighted by atomic mass is 16.5. The van der Waals surface area contributed by atoms with Crippen LogP contribution in [-0.4, -0.2) is 56.7 Å². The van der Waals surface area contributed by atoms with Crippen LogP contribution in [0.5, 0.6) is 0 Å². The smallest absolute Gasteiger partial charge is 0.246 e. The summed E-state index contributed by atoms with van der Waals surface area (Å²) in [5, 5.41) is 3.01. The van der Waals surface area contributed by atoms with E-state index in [2.05, 4.69) is 31.2 Å². The highest BCUT2D eigenvalue weighted by Gasteiger charge is 2.37. The molecule has 2 unspecified atom stereocenters. The van der Waals surface area contributed by atoms with Crippen LogP contribution in [0.1, 0.15) is 32.6 Å². The Morgan fingerprint density at radius 1 is 1.53 bits per heavy atom. The van der Waals surface area contributed by atoms with E-state index in [0.29, 0.717) is 19.7 Å². The molecule has 0 aromatic heterocycles. The van der Waals surface area contributed by atoms with E-state index >= 15 is 0 Å². The molecule has 5 nitrogen and oxygen atoms in total. The molecular weight excluding hydrogens is 242 g/mol. The maximum atomic E-state index is 11.7. The van der Waals surface area contributed by atoms with Gasteiger partial charge >= 0.3 is 0 Å². The average Bonchev–Trinajstić information content (AvgIpc) is 2.36. The summed E-state index contributed by atoms with van der Waals surface area (Å²) in [6.45, 7) is 3.99. The van der Waals surface area contributed by atoms with Gasteiger partial charge in [0, 0.05) is 18.6 Å². The molecule has 5 heteroatoms. The molecular formula is C14H29N3O2. The maximum Gasteiger partial charge on any atom is 0.246 e. The molecule has 0 radical (unpaired) electrons. The minimum absolute atomic E-state index is 0.0482. The first-order chi connectivity index (χ1) is 9.00. The fourth-order valence-electron chi connectivity index (χ4n) is 2.92. The van der Waals surface area contributed by atoms with Gasteiger partial charge in [0.1, 0.15) is 6.61 Å². The van der Waals surface area contributed by atoms with Gasteiger partial charge in [0.25, 0.3) is 0 Å². The summed E-state index contributed by atoms with van der Waals surface area (Å²) in [6, 6.07) is 0. The van der Waals surface area contributed by atoms with Crippen LogP contribution in [0, 0.1) is 5.92 Å². The number of nitrogens with zero attached hydrogens (tertiary/aromatic N) is 1. The van der Waals surface area contributed by atoms with Gasteiger partial charge < -0.3 is 20.7 Å². The normalized spacial score (nSPS) is 27.5. The minimum atomic E-state index is -0.0482. The predicted molar refractivity (Wildman–Crippen MR) is 76.9 cm³/mol. The second kappa shape index (κ2) is 7.82. The van der Waals surface area contributed by atoms with Crippen molar-refractivity contribution >= 4 is 5.91 Å². The molecule has 1 saturated carbocycles. The lowest BCUT2D eigenvalue weighted by Gasteiger charge is -2.45. The Labute approximate surface area is 116 Å². The van der Waals surface area contributed by atoms with E-state index in [9.17, 15) is 4.79 Å². The zero-order valence-corrected chi connectivity index (χ0v) is 12.6. The van der Waals surface area contributed by atoms with E-state index in [1.807, 2.05) is 0 Å². The zero-order chi connectivity index (χ0) is 14.3. The molecule has 0 spiro atoms. The van der Waals surface area contributed by atoms with Crippen molar-refractivity contribution in [3.63, 3.8) is 0 Å². The lowest BCUT2D eigenvalue weighted by Crippen LogP contribution is -2.55. The van der Waals surface area contributed by atoms with Crippen molar-refractivity contribution in [2.75, 3.05) is 40.4 Å². The number of hydrogen-bond donors (Lipinski definition) is 2. The van der Waals surface area contributed by atoms with E-state index < -0.39 is 0 Å². The second-order valence-corrected chi connectivity index (χ2v) is 5.94. The van der Waals surface area contributed by atoms with Crippen molar-refractivity contribution in [1.82, 2.24) is 10.2 Å². The summed E-state index contributed by atoms with van der Waals surface area (Å²) < 4.78 is 5.15. The average molecular weight is 271 g/mol. The van der Waals surface area contributed by atoms with Crippen LogP contribution in [0.15, 0.2) is 0 Å². The van der Waals surface area contributed by atoms with Gasteiger partial charge in [0.05, 0.1) is 6.61 Å². The molecule has 1 amide bonds. The molecule has 0 heterocycles. The van der Waals surface area contributed by atoms with Crippen LogP contribution in [-0.2, 0) is 9.53 Å². The molecule has 1 fully saturated rings. The highest BCUT2D eigenvalue weighted by molar-refractivity contribution is 5.77. The molecule has 3 N–H and O–H groups in total. The first-order valence-corrected chi connectivity index (χ1v) is 7.22. The number of nitrogens with two attached hydrogens (primary N) is 1. The molecule has 19 heavy (non-hydrogen) atoms. The third-order valence-electron chi connectivity index (χ3n) is 4.13. The van der Waals surface area contributed by atoms with E-state index in [1.54, 1.807) is 0 Å². The SMILES string of the molecule is CC1CCCC(CNC(=O)COCCN)(N(C)C)C1. The van der Waals surface area contributed by atoms with Gasteiger partial charge in [-0.25, -0.2) is 0 Å². The largest absolute Gasteiger partial charge is 0.370 e. The van der Waals surface area contributed by atoms with E-state index in [1.165, 1.54) is 12.8 Å². The Kier molecular flexibility index (Phi) is 6.75. The van der Waals surface area contributed by atoms with Gasteiger partial charge in [0.15, 0.2) is 0 Å². The Hall–Kier alpha value is -0.650. The van der Waals surface area contributed by atoms with Gasteiger partial charge in [-0.05, 0) is 32.9 Å². The lowest BCUT2D eigenvalue weighted by molar-refractivity contribution is -0.126. The minimum Gasteiger partial charge on any atom is -0.370 e. The monoisotopic (exact) mass is 271 g/mol. The van der Waals surface area contributed by atoms with Crippen molar-refractivity contribution in [3.05, 3.63) is 0 Å². The molecule has 0 aromatic carbocycles. The summed E-state index contributed by atoms with van der Waals surface area (Å²) in [5.41, 5.74) is 5.42. The number of rotatable bonds is 7. The van der Waals surface area contributed by atoms with Crippen LogP contribution < -0.4 is 11.1 Å². The zero-order valence-electron chi connectivity index (χ0n) is 12.6. The highest BCUT2D eigenvalue weighted by Crippen LogP contribution is 2.35. The van der Waals surface area contributed by atoms with Gasteiger partial charge in [-0.1, -0.05) is 19.8 Å². The van der Waals surface area contributed by atoms with Crippen molar-refractivity contribution < 1.29 is 9.53 Å². The topological polar surface area (TPSA) is 67.6 Å². The van der Waals surface area contributed by atoms with Crippen LogP contribution in [0.4, 0.5) is 0 Å². The Balaban J connectivity index is 2.43. The maximum absolute atomic E-state index is 11.7. The first kappa shape index (κ1) is 16.4. The standard InChI is InChI=1S/C14H29N3O2/c1-12-5-4-6-14(9-12,17(2)3)11-16-13(18)10-19-8-7-15/h12H,4-11,15H2,1-3H3,(H,16,18). The lowest BCUT2D eigenvalue weighted by atomic mass is 9.75. The third kappa shape index (κ3) is 5.09. The fourth-order valence-corrected chi connectivity index (χ4v) is 2.92. The van der Waals surface area contributed by atoms with Gasteiger partial charge in [-0.2, -0.15) is 0 Å². The second-order valence-electron chi connectivity index (χ2n) is 5.94. The number of amides is 1. The molecule has 0 bridgehead atoms. The number of likely N-dealkylation sites (N-methyl/N-ethyl adjacent to an activating group) is 1. The fraction of sp³-hybridized carbons (Fsp3) is 0.929. The summed E-state index contributed by atoms with van der Waals surface area (Å²) in [4.78, 5) is 14.0. The van der Waals surface area contributed by atoms with Gasteiger partial charge in [0.2, 0.25) is 5.91 Å². The molecule has 0 saturated heterocycles. The van der Waals surface area contributed by atoms with Crippen LogP contribution in [0.25, 0.3) is 0 Å². The number of ether oxygens (including phenoxy) is 1. The van der Waals surface area contributed by atoms with Gasteiger partial charge in [-0.15, -0.1) is 0 Å². The number of carbonyl (C=O) groups is 1. The van der Waals surface area contributed by atoms with Gasteiger partial charge in [-0.3, -0.25) is 4.79 Å². The molecule has 2 atom stereocenters. The van der Waals surface area contributed by atoms with E-state index in [-0.39, 0.29) is 18.1 Å². The number of carbonyl (C=O) groups excluding carboxylic acids is 1. The van der Waals surface area contributed by atoms with Crippen molar-refractivity contribution in [2.45, 2.75) is 38.1 Å². The molecule has 1 aliphatic carbocycles. The van der Waals surface area contributed by atoms with Crippen LogP contribution in [0.2, 0.25) is 0 Å². The summed E-state index contributed by atoms with van der Waals surface area (Å²) >= 11 is 0. The summed E-state index contributed by atoms with van der Waals surface area (Å²) in [6.07, 6.45) is 4.82. The number of hydrogen-bond acceptors (Lipinski definition) is 4.